The van der Waals surface area contributed by atoms with E-state index >= 15 is 0 Å². The number of nitrogens with one attached hydrogen (secondary N) is 1. The van der Waals surface area contributed by atoms with Gasteiger partial charge in [0.05, 0.1) is 5.56 Å². The van der Waals surface area contributed by atoms with E-state index in [0.717, 1.165) is 12.1 Å². The summed E-state index contributed by atoms with van der Waals surface area (Å²) in [6.07, 6.45) is -4.43. The molecule has 0 radical (unpaired) electrons. The topological polar surface area (TPSA) is 69.6 Å². The van der Waals surface area contributed by atoms with E-state index in [4.69, 9.17) is 0 Å². The van der Waals surface area contributed by atoms with Crippen molar-refractivity contribution in [3.05, 3.63) is 65.7 Å². The van der Waals surface area contributed by atoms with Gasteiger partial charge in [0.1, 0.15) is 0 Å². The van der Waals surface area contributed by atoms with Crippen LogP contribution in [0.3, 0.4) is 0 Å². The van der Waals surface area contributed by atoms with Crippen molar-refractivity contribution in [2.24, 2.45) is 0 Å². The third kappa shape index (κ3) is 4.44. The minimum absolute atomic E-state index is 0.0698. The van der Waals surface area contributed by atoms with Crippen LogP contribution in [0.25, 0.3) is 21.9 Å². The maximum Gasteiger partial charge on any atom is 0.489 e. The Morgan fingerprint density at radius 2 is 1.62 bits per heavy atom. The van der Waals surface area contributed by atoms with Crippen molar-refractivity contribution >= 4 is 29.3 Å². The first kappa shape index (κ1) is 20.9. The molecule has 0 saturated carbocycles. The van der Waals surface area contributed by atoms with Gasteiger partial charge in [-0.1, -0.05) is 30.3 Å². The lowest BCUT2D eigenvalue weighted by atomic mass is 9.75. The minimum atomic E-state index is -4.43. The molecular weight excluding hydrogens is 382 g/mol. The summed E-state index contributed by atoms with van der Waals surface area (Å²) in [5.74, 6) is -0.305. The number of benzene rings is 3. The number of halogens is 3. The number of hydrogen-bond acceptors (Lipinski definition) is 3. The number of carbonyl (C=O) groups is 1. The van der Waals surface area contributed by atoms with E-state index in [0.29, 0.717) is 27.5 Å². The molecule has 3 aromatic rings. The van der Waals surface area contributed by atoms with E-state index in [1.54, 1.807) is 24.3 Å². The molecule has 3 rings (SSSR count). The van der Waals surface area contributed by atoms with Crippen molar-refractivity contribution in [1.29, 1.82) is 0 Å². The zero-order chi connectivity index (χ0) is 21.3. The lowest BCUT2D eigenvalue weighted by Crippen LogP contribution is -2.32. The van der Waals surface area contributed by atoms with Crippen LogP contribution < -0.4 is 10.8 Å². The summed E-state index contributed by atoms with van der Waals surface area (Å²) in [5, 5.41) is 23.2. The SMILES string of the molecule is CC(C)NC(=O)c1ccc2c(-c3ccc(C(F)(F)F)cc3)ccc(B(O)O)c2c1. The van der Waals surface area contributed by atoms with Crippen LogP contribution in [-0.2, 0) is 6.18 Å². The highest BCUT2D eigenvalue weighted by Crippen LogP contribution is 2.33. The van der Waals surface area contributed by atoms with Crippen LogP contribution in [0.2, 0.25) is 0 Å². The van der Waals surface area contributed by atoms with Crippen molar-refractivity contribution in [3.8, 4) is 11.1 Å². The van der Waals surface area contributed by atoms with Crippen molar-refractivity contribution in [2.45, 2.75) is 26.1 Å². The Morgan fingerprint density at radius 1 is 0.966 bits per heavy atom. The predicted molar refractivity (Wildman–Crippen MR) is 107 cm³/mol. The first-order valence-electron chi connectivity index (χ1n) is 8.99. The number of rotatable bonds is 4. The third-order valence-corrected chi connectivity index (χ3v) is 4.53. The second-order valence-corrected chi connectivity index (χ2v) is 7.04. The molecule has 0 aliphatic carbocycles. The van der Waals surface area contributed by atoms with Crippen molar-refractivity contribution < 1.29 is 28.0 Å². The maximum atomic E-state index is 12.8. The first-order valence-corrected chi connectivity index (χ1v) is 8.99. The summed E-state index contributed by atoms with van der Waals surface area (Å²) in [6, 6.07) is 12.6. The Hall–Kier alpha value is -2.84. The normalized spacial score (nSPS) is 11.7. The van der Waals surface area contributed by atoms with Gasteiger partial charge in [-0.25, -0.2) is 0 Å². The molecule has 29 heavy (non-hydrogen) atoms. The van der Waals surface area contributed by atoms with Gasteiger partial charge in [0.15, 0.2) is 0 Å². The molecule has 8 heteroatoms. The molecule has 0 spiro atoms. The van der Waals surface area contributed by atoms with Gasteiger partial charge in [-0.15, -0.1) is 0 Å². The Bertz CT molecular complexity index is 1050. The van der Waals surface area contributed by atoms with Gasteiger partial charge in [-0.2, -0.15) is 13.2 Å². The van der Waals surface area contributed by atoms with Crippen LogP contribution in [-0.4, -0.2) is 29.1 Å². The molecule has 0 fully saturated rings. The third-order valence-electron chi connectivity index (χ3n) is 4.53. The standard InChI is InChI=1S/C21H19BF3NO3/c1-12(2)26-20(27)14-5-8-17-16(9-10-19(22(28)29)18(17)11-14)13-3-6-15(7-4-13)21(23,24)25/h3-12,28-29H,1-2H3,(H,26,27). The lowest BCUT2D eigenvalue weighted by Gasteiger charge is -2.14. The van der Waals surface area contributed by atoms with Gasteiger partial charge in [-0.3, -0.25) is 4.79 Å². The van der Waals surface area contributed by atoms with Gasteiger partial charge < -0.3 is 15.4 Å². The molecule has 0 aliphatic heterocycles. The Morgan fingerprint density at radius 3 is 2.17 bits per heavy atom. The molecule has 0 atom stereocenters. The average Bonchev–Trinajstić information content (AvgIpc) is 2.65. The first-order chi connectivity index (χ1) is 13.6. The van der Waals surface area contributed by atoms with Gasteiger partial charge in [-0.05, 0) is 65.5 Å². The Kier molecular flexibility index (Phi) is 5.68. The molecule has 3 N–H and O–H groups in total. The zero-order valence-electron chi connectivity index (χ0n) is 15.8. The molecule has 0 bridgehead atoms. The second kappa shape index (κ2) is 7.89. The summed E-state index contributed by atoms with van der Waals surface area (Å²) >= 11 is 0. The fourth-order valence-corrected chi connectivity index (χ4v) is 3.17. The van der Waals surface area contributed by atoms with Gasteiger partial charge in [0, 0.05) is 11.6 Å². The van der Waals surface area contributed by atoms with Crippen LogP contribution >= 0.6 is 0 Å². The molecule has 0 heterocycles. The monoisotopic (exact) mass is 401 g/mol. The van der Waals surface area contributed by atoms with E-state index in [1.165, 1.54) is 18.2 Å². The predicted octanol–water partition coefficient (Wildman–Crippen LogP) is 3.34. The fraction of sp³-hybridized carbons (Fsp3) is 0.190. The highest BCUT2D eigenvalue weighted by molar-refractivity contribution is 6.62. The molecule has 0 aliphatic rings. The number of hydrogen-bond donors (Lipinski definition) is 3. The largest absolute Gasteiger partial charge is 0.489 e. The molecule has 0 aromatic heterocycles. The van der Waals surface area contributed by atoms with Gasteiger partial charge in [0.25, 0.3) is 5.91 Å². The number of carbonyl (C=O) groups excluding carboxylic acids is 1. The van der Waals surface area contributed by atoms with Crippen LogP contribution in [0.15, 0.2) is 54.6 Å². The second-order valence-electron chi connectivity index (χ2n) is 7.04. The average molecular weight is 401 g/mol. The van der Waals surface area contributed by atoms with E-state index in [-0.39, 0.29) is 17.4 Å². The zero-order valence-corrected chi connectivity index (χ0v) is 15.8. The molecule has 3 aromatic carbocycles. The summed E-state index contributed by atoms with van der Waals surface area (Å²) in [4.78, 5) is 12.3. The fourth-order valence-electron chi connectivity index (χ4n) is 3.17. The highest BCUT2D eigenvalue weighted by atomic mass is 19.4. The van der Waals surface area contributed by atoms with Crippen molar-refractivity contribution in [1.82, 2.24) is 5.32 Å². The Balaban J connectivity index is 2.14. The molecule has 0 saturated heterocycles. The molecule has 0 unspecified atom stereocenters. The molecule has 1 amide bonds. The minimum Gasteiger partial charge on any atom is -0.423 e. The van der Waals surface area contributed by atoms with Gasteiger partial charge in [0.2, 0.25) is 0 Å². The number of alkyl halides is 3. The number of fused-ring (bicyclic) bond motifs is 1. The van der Waals surface area contributed by atoms with Crippen LogP contribution in [0.5, 0.6) is 0 Å². The van der Waals surface area contributed by atoms with Crippen molar-refractivity contribution in [2.75, 3.05) is 0 Å². The summed E-state index contributed by atoms with van der Waals surface area (Å²) in [6.45, 7) is 3.65. The summed E-state index contributed by atoms with van der Waals surface area (Å²) in [7, 11) is -1.76. The summed E-state index contributed by atoms with van der Waals surface area (Å²) < 4.78 is 38.5. The maximum absolute atomic E-state index is 12.8. The highest BCUT2D eigenvalue weighted by Gasteiger charge is 2.30. The van der Waals surface area contributed by atoms with E-state index in [1.807, 2.05) is 13.8 Å². The van der Waals surface area contributed by atoms with E-state index < -0.39 is 18.9 Å². The van der Waals surface area contributed by atoms with Gasteiger partial charge >= 0.3 is 13.3 Å². The Labute approximate surface area is 166 Å². The lowest BCUT2D eigenvalue weighted by molar-refractivity contribution is -0.137. The van der Waals surface area contributed by atoms with Crippen molar-refractivity contribution in [3.63, 3.8) is 0 Å². The van der Waals surface area contributed by atoms with Crippen LogP contribution in [0, 0.1) is 0 Å². The van der Waals surface area contributed by atoms with Crippen LogP contribution in [0.4, 0.5) is 13.2 Å². The summed E-state index contributed by atoms with van der Waals surface area (Å²) in [5.41, 5.74) is 0.962. The number of amides is 1. The van der Waals surface area contributed by atoms with E-state index in [2.05, 4.69) is 5.32 Å². The van der Waals surface area contributed by atoms with E-state index in [9.17, 15) is 28.0 Å². The van der Waals surface area contributed by atoms with Crippen LogP contribution in [0.1, 0.15) is 29.8 Å². The molecule has 4 nitrogen and oxygen atoms in total. The molecule has 150 valence electrons. The molecular formula is C21H19BF3NO3. The smallest absolute Gasteiger partial charge is 0.423 e. The quantitative estimate of drug-likeness (QED) is 0.588.